The average molecular weight is 1470 g/mol. The maximum atomic E-state index is 13.1. The number of alkyl halides is 12. The van der Waals surface area contributed by atoms with Gasteiger partial charge in [0.25, 0.3) is 0 Å². The normalized spacial score (nSPS) is 12.2. The summed E-state index contributed by atoms with van der Waals surface area (Å²) in [6.07, 6.45) is -16.5. The highest BCUT2D eigenvalue weighted by Crippen LogP contribution is 2.37. The number of nitrogens with zero attached hydrogens (tertiary/aromatic N) is 2. The molecular formula is C88H119F13N2O. The lowest BCUT2D eigenvalue weighted by Crippen LogP contribution is -2.17. The van der Waals surface area contributed by atoms with Crippen molar-refractivity contribution in [3.05, 3.63) is 265 Å². The van der Waals surface area contributed by atoms with Crippen LogP contribution in [0.2, 0.25) is 0 Å². The Bertz CT molecular complexity index is 3550. The SMILES string of the molecule is C.CC(C)(C)c1ccc(C(F)(F)F)cc1.CC(C)(C)c1ccc(C(F)(F)F)cn1.CC(C)(C)c1ccc(OC(F)(F)F)cc1.Cc1ccc(C(C)(C)C)cc1C(F)(F)F.Cc1ccc(C(C)(C)C)cc1F.Cc1cccc(C(C)(C)C)c1.Cc1cccc(C(C)(C)C)c1.Cc1cccc(C(C)(C)C)n1. The maximum absolute atomic E-state index is 13.1. The molecule has 0 fully saturated rings. The summed E-state index contributed by atoms with van der Waals surface area (Å²) in [6.45, 7) is 59.0. The Morgan fingerprint density at radius 2 is 0.615 bits per heavy atom. The zero-order chi connectivity index (χ0) is 80.3. The molecule has 2 heterocycles. The van der Waals surface area contributed by atoms with Crippen molar-refractivity contribution in [2.75, 3.05) is 0 Å². The highest BCUT2D eigenvalue weighted by Gasteiger charge is 2.35. The Hall–Kier alpha value is -7.49. The summed E-state index contributed by atoms with van der Waals surface area (Å²) in [5.74, 6) is -0.294. The molecule has 3 nitrogen and oxygen atoms in total. The molecule has 0 saturated carbocycles. The van der Waals surface area contributed by atoms with Crippen molar-refractivity contribution < 1.29 is 61.8 Å². The topological polar surface area (TPSA) is 35.0 Å². The van der Waals surface area contributed by atoms with Crippen LogP contribution in [0, 0.1) is 40.4 Å². The lowest BCUT2D eigenvalue weighted by molar-refractivity contribution is -0.274. The highest BCUT2D eigenvalue weighted by molar-refractivity contribution is 5.37. The van der Waals surface area contributed by atoms with Crippen molar-refractivity contribution in [3.8, 4) is 5.75 Å². The van der Waals surface area contributed by atoms with E-state index >= 15 is 0 Å². The second kappa shape index (κ2) is 38.2. The van der Waals surface area contributed by atoms with Gasteiger partial charge in [-0.15, -0.1) is 13.2 Å². The molecule has 578 valence electrons. The van der Waals surface area contributed by atoms with Crippen molar-refractivity contribution in [3.63, 3.8) is 0 Å². The smallest absolute Gasteiger partial charge is 0.406 e. The molecule has 6 aromatic carbocycles. The van der Waals surface area contributed by atoms with E-state index < -0.39 is 41.6 Å². The van der Waals surface area contributed by atoms with E-state index in [1.165, 1.54) is 71.6 Å². The molecule has 0 aliphatic heterocycles. The van der Waals surface area contributed by atoms with Crippen LogP contribution in [0.4, 0.5) is 57.1 Å². The van der Waals surface area contributed by atoms with Crippen LogP contribution in [0.3, 0.4) is 0 Å². The largest absolute Gasteiger partial charge is 0.573 e. The van der Waals surface area contributed by atoms with Gasteiger partial charge in [0.05, 0.1) is 16.7 Å². The summed E-state index contributed by atoms with van der Waals surface area (Å²) in [4.78, 5) is 8.24. The predicted octanol–water partition coefficient (Wildman–Crippen LogP) is 28.9. The summed E-state index contributed by atoms with van der Waals surface area (Å²) in [5, 5.41) is 0. The second-order valence-corrected chi connectivity index (χ2v) is 34.0. The van der Waals surface area contributed by atoms with Crippen molar-refractivity contribution in [2.24, 2.45) is 0 Å². The summed E-state index contributed by atoms with van der Waals surface area (Å²) in [7, 11) is 0. The van der Waals surface area contributed by atoms with Crippen molar-refractivity contribution in [1.29, 1.82) is 0 Å². The first-order valence-electron chi connectivity index (χ1n) is 34.2. The van der Waals surface area contributed by atoms with E-state index in [0.29, 0.717) is 16.8 Å². The number of aryl methyl sites for hydroxylation is 5. The monoisotopic (exact) mass is 1470 g/mol. The molecule has 0 unspecified atom stereocenters. The van der Waals surface area contributed by atoms with Crippen LogP contribution in [0.25, 0.3) is 0 Å². The number of pyridine rings is 2. The molecule has 0 aliphatic rings. The average Bonchev–Trinajstić information content (AvgIpc) is 0.812. The van der Waals surface area contributed by atoms with Crippen LogP contribution >= 0.6 is 0 Å². The summed E-state index contributed by atoms with van der Waals surface area (Å²) in [5.41, 5.74) is 11.3. The number of aromatic nitrogens is 2. The van der Waals surface area contributed by atoms with Gasteiger partial charge in [-0.2, -0.15) is 39.5 Å². The molecule has 0 amide bonds. The first-order chi connectivity index (χ1) is 46.1. The van der Waals surface area contributed by atoms with Crippen LogP contribution in [0.5, 0.6) is 5.75 Å². The van der Waals surface area contributed by atoms with E-state index in [-0.39, 0.29) is 67.9 Å². The van der Waals surface area contributed by atoms with Gasteiger partial charge < -0.3 is 4.74 Å². The Morgan fingerprint density at radius 1 is 0.288 bits per heavy atom. The van der Waals surface area contributed by atoms with Crippen LogP contribution in [0.15, 0.2) is 170 Å². The molecule has 0 N–H and O–H groups in total. The molecule has 2 aromatic heterocycles. The van der Waals surface area contributed by atoms with Crippen molar-refractivity contribution >= 4 is 0 Å². The third-order valence-corrected chi connectivity index (χ3v) is 15.8. The summed E-state index contributed by atoms with van der Waals surface area (Å²) >= 11 is 0. The third kappa shape index (κ3) is 37.0. The maximum Gasteiger partial charge on any atom is 0.573 e. The number of rotatable bonds is 1. The van der Waals surface area contributed by atoms with E-state index in [1.807, 2.05) is 108 Å². The zero-order valence-corrected chi connectivity index (χ0v) is 66.4. The van der Waals surface area contributed by atoms with Crippen LogP contribution in [0.1, 0.15) is 263 Å². The molecule has 0 radical (unpaired) electrons. The van der Waals surface area contributed by atoms with E-state index in [0.717, 1.165) is 52.5 Å². The number of halogens is 13. The summed E-state index contributed by atoms with van der Waals surface area (Å²) < 4.78 is 163. The van der Waals surface area contributed by atoms with E-state index in [2.05, 4.69) is 172 Å². The number of hydrogen-bond acceptors (Lipinski definition) is 3. The zero-order valence-electron chi connectivity index (χ0n) is 66.4. The molecular weight excluding hydrogens is 1350 g/mol. The molecule has 104 heavy (non-hydrogen) atoms. The number of ether oxygens (including phenoxy) is 1. The quantitative estimate of drug-likeness (QED) is 0.154. The molecule has 0 saturated heterocycles. The van der Waals surface area contributed by atoms with Gasteiger partial charge in [0, 0.05) is 34.1 Å². The Morgan fingerprint density at radius 3 is 0.904 bits per heavy atom. The fourth-order valence-electron chi connectivity index (χ4n) is 8.96. The molecule has 8 aromatic rings. The van der Waals surface area contributed by atoms with Gasteiger partial charge in [0.15, 0.2) is 0 Å². The van der Waals surface area contributed by atoms with Crippen LogP contribution in [-0.4, -0.2) is 16.3 Å². The fourth-order valence-corrected chi connectivity index (χ4v) is 8.96. The first-order valence-corrected chi connectivity index (χ1v) is 34.2. The lowest BCUT2D eigenvalue weighted by Gasteiger charge is -2.21. The summed E-state index contributed by atoms with van der Waals surface area (Å²) in [6, 6.07) is 47.2. The molecule has 16 heteroatoms. The van der Waals surface area contributed by atoms with Gasteiger partial charge in [0.1, 0.15) is 11.6 Å². The van der Waals surface area contributed by atoms with Gasteiger partial charge in [-0.3, -0.25) is 9.97 Å². The Balaban J connectivity index is 0.00000117. The molecule has 0 atom stereocenters. The molecule has 0 spiro atoms. The van der Waals surface area contributed by atoms with E-state index in [4.69, 9.17) is 0 Å². The highest BCUT2D eigenvalue weighted by atomic mass is 19.4. The third-order valence-electron chi connectivity index (χ3n) is 15.8. The molecule has 8 rings (SSSR count). The lowest BCUT2D eigenvalue weighted by atomic mass is 9.85. The molecule has 0 aliphatic carbocycles. The van der Waals surface area contributed by atoms with Gasteiger partial charge >= 0.3 is 24.9 Å². The van der Waals surface area contributed by atoms with Crippen LogP contribution in [-0.2, 0) is 61.8 Å². The van der Waals surface area contributed by atoms with Gasteiger partial charge in [-0.05, 0) is 172 Å². The van der Waals surface area contributed by atoms with Crippen molar-refractivity contribution in [1.82, 2.24) is 9.97 Å². The van der Waals surface area contributed by atoms with Crippen molar-refractivity contribution in [2.45, 2.75) is 276 Å². The van der Waals surface area contributed by atoms with E-state index in [9.17, 15) is 57.1 Å². The second-order valence-electron chi connectivity index (χ2n) is 34.0. The molecule has 0 bridgehead atoms. The van der Waals surface area contributed by atoms with Crippen LogP contribution < -0.4 is 4.74 Å². The first kappa shape index (κ1) is 96.5. The number of hydrogen-bond donors (Lipinski definition) is 0. The minimum absolute atomic E-state index is 0. The fraction of sp³-hybridized carbons (Fsp3) is 0.477. The van der Waals surface area contributed by atoms with Gasteiger partial charge in [0.2, 0.25) is 0 Å². The minimum atomic E-state index is -4.62. The Kier molecular flexibility index (Phi) is 35.4. The van der Waals surface area contributed by atoms with Gasteiger partial charge in [-0.1, -0.05) is 288 Å². The predicted molar refractivity (Wildman–Crippen MR) is 409 cm³/mol. The number of benzene rings is 6. The van der Waals surface area contributed by atoms with E-state index in [1.54, 1.807) is 31.2 Å². The minimum Gasteiger partial charge on any atom is -0.406 e. The van der Waals surface area contributed by atoms with Gasteiger partial charge in [-0.25, -0.2) is 4.39 Å². The Labute approximate surface area is 616 Å². The standard InChI is InChI=1S/C12H15F3.C11H13F3O.C11H13F3.C11H15F.2C11H16.C10H12F3N.C10H15N.CH4/c1-8-5-6-9(11(2,3)4)7-10(8)12(13,14)15;1-10(2,3)8-4-6-9(7-5-8)15-11(12,13)14;1-10(2,3)8-4-6-9(7-5-8)11(12,13)14;1-8-5-6-9(7-10(8)12)11(2,3)4;2*1-9-6-5-7-10(8-9)11(2,3)4;1-9(2,3)8-5-4-7(6-14-8)10(11,12)13;1-8-6-5-7-9(11-8)10(2,3)4;/h5-7H,1-4H3;4-7H,1-3H3;4-7H,1-3H3;5-7H,1-4H3;2*5-8H,1-4H3;4-6H,1-3H3;5-7H,1-4H3;1H4.